The number of carbonyl (C=O) groups is 1. The summed E-state index contributed by atoms with van der Waals surface area (Å²) < 4.78 is 1.72. The lowest BCUT2D eigenvalue weighted by molar-refractivity contribution is -0.122. The van der Waals surface area contributed by atoms with Crippen molar-refractivity contribution in [2.75, 3.05) is 0 Å². The summed E-state index contributed by atoms with van der Waals surface area (Å²) >= 11 is 0. The molecule has 2 aromatic heterocycles. The Bertz CT molecular complexity index is 1100. The lowest BCUT2D eigenvalue weighted by Crippen LogP contribution is -2.42. The maximum absolute atomic E-state index is 12.7. The lowest BCUT2D eigenvalue weighted by atomic mass is 9.88. The van der Waals surface area contributed by atoms with Gasteiger partial charge in [0, 0.05) is 30.4 Å². The topological polar surface area (TPSA) is 96.5 Å². The maximum Gasteiger partial charge on any atom is 0.151 e. The Labute approximate surface area is 181 Å². The summed E-state index contributed by atoms with van der Waals surface area (Å²) in [6.07, 6.45) is 9.66. The van der Waals surface area contributed by atoms with E-state index >= 15 is 0 Å². The molecule has 1 saturated heterocycles. The molecular formula is C24H24N6O. The number of aromatic nitrogens is 4. The van der Waals surface area contributed by atoms with Gasteiger partial charge in [-0.1, -0.05) is 17.3 Å². The average Bonchev–Trinajstić information content (AvgIpc) is 3.57. The Hall–Kier alpha value is -3.37. The third kappa shape index (κ3) is 4.12. The zero-order valence-electron chi connectivity index (χ0n) is 17.2. The van der Waals surface area contributed by atoms with Crippen molar-refractivity contribution in [3.63, 3.8) is 0 Å². The number of nitrogens with zero attached hydrogens (tertiary/aromatic N) is 5. The zero-order chi connectivity index (χ0) is 21.2. The third-order valence-corrected chi connectivity index (χ3v) is 6.47. The second kappa shape index (κ2) is 8.40. The first-order valence-corrected chi connectivity index (χ1v) is 10.8. The number of Topliss-reactive ketones (excluding diaryl/α,β-unsaturated/α-hetero) is 1. The molecule has 156 valence electrons. The van der Waals surface area contributed by atoms with Crippen molar-refractivity contribution < 1.29 is 4.79 Å². The molecule has 1 aliphatic heterocycles. The molecule has 0 amide bonds. The maximum atomic E-state index is 12.7. The van der Waals surface area contributed by atoms with Gasteiger partial charge in [0.15, 0.2) is 5.78 Å². The summed E-state index contributed by atoms with van der Waals surface area (Å²) in [6.45, 7) is 0. The molecule has 4 atom stereocenters. The Morgan fingerprint density at radius 3 is 2.81 bits per heavy atom. The fraction of sp³-hybridized carbons (Fsp3) is 0.375. The zero-order valence-corrected chi connectivity index (χ0v) is 17.2. The smallest absolute Gasteiger partial charge is 0.151 e. The molecule has 0 spiro atoms. The molecule has 2 bridgehead atoms. The normalized spacial score (nSPS) is 22.9. The van der Waals surface area contributed by atoms with Gasteiger partial charge in [-0.25, -0.2) is 4.68 Å². The number of carbonyl (C=O) groups excluding carboxylic acids is 1. The molecule has 3 heterocycles. The van der Waals surface area contributed by atoms with Crippen molar-refractivity contribution in [1.82, 2.24) is 25.3 Å². The predicted molar refractivity (Wildman–Crippen MR) is 115 cm³/mol. The van der Waals surface area contributed by atoms with E-state index in [-0.39, 0.29) is 17.7 Å². The van der Waals surface area contributed by atoms with Crippen molar-refractivity contribution in [2.45, 2.75) is 44.2 Å². The molecule has 3 aromatic rings. The summed E-state index contributed by atoms with van der Waals surface area (Å²) in [5.74, 6) is 0.360. The highest BCUT2D eigenvalue weighted by Gasteiger charge is 2.42. The molecular weight excluding hydrogens is 388 g/mol. The van der Waals surface area contributed by atoms with E-state index in [2.05, 4.69) is 26.7 Å². The van der Waals surface area contributed by atoms with Crippen LogP contribution in [0, 0.1) is 23.2 Å². The number of hydrogen-bond acceptors (Lipinski definition) is 6. The Morgan fingerprint density at radius 2 is 2.13 bits per heavy atom. The van der Waals surface area contributed by atoms with E-state index in [4.69, 9.17) is 0 Å². The molecule has 2 aliphatic rings. The van der Waals surface area contributed by atoms with Gasteiger partial charge in [-0.05, 0) is 61.4 Å². The van der Waals surface area contributed by atoms with Crippen LogP contribution in [0.15, 0.2) is 55.0 Å². The second-order valence-electron chi connectivity index (χ2n) is 8.57. The number of piperidine rings is 1. The van der Waals surface area contributed by atoms with E-state index in [0.29, 0.717) is 24.8 Å². The standard InChI is InChI=1S/C24H24N6O/c25-13-17(11-23(31)24-18-5-6-20(12-18)27-24)10-16-3-7-21(8-4-16)30-15-22(28-29-30)19-2-1-9-26-14-19/h1-4,7-9,14-15,17-18,20,24,27H,5-6,10-12H2/t17-,18+,20-,24+/m1/s1. The SMILES string of the molecule is N#C[C@@H](CC(=O)[C@H]1N[C@@H]2CC[C@H]1C2)Cc1ccc(-n2cc(-c3cccnc3)nn2)cc1. The second-order valence-corrected chi connectivity index (χ2v) is 8.57. The number of nitriles is 1. The minimum absolute atomic E-state index is 0.0432. The monoisotopic (exact) mass is 412 g/mol. The van der Waals surface area contributed by atoms with Gasteiger partial charge in [0.2, 0.25) is 0 Å². The van der Waals surface area contributed by atoms with Crippen LogP contribution in [0.4, 0.5) is 0 Å². The molecule has 1 aliphatic carbocycles. The fourth-order valence-corrected chi connectivity index (χ4v) is 4.86. The van der Waals surface area contributed by atoms with Crippen molar-refractivity contribution in [3.8, 4) is 23.0 Å². The summed E-state index contributed by atoms with van der Waals surface area (Å²) in [5.41, 5.74) is 3.60. The number of rotatable bonds is 7. The molecule has 31 heavy (non-hydrogen) atoms. The van der Waals surface area contributed by atoms with Crippen LogP contribution < -0.4 is 5.32 Å². The van der Waals surface area contributed by atoms with Crippen molar-refractivity contribution in [2.24, 2.45) is 11.8 Å². The van der Waals surface area contributed by atoms with Gasteiger partial charge >= 0.3 is 0 Å². The minimum Gasteiger partial charge on any atom is -0.304 e. The van der Waals surface area contributed by atoms with E-state index < -0.39 is 0 Å². The van der Waals surface area contributed by atoms with Gasteiger partial charge in [-0.2, -0.15) is 5.26 Å². The largest absolute Gasteiger partial charge is 0.304 e. The van der Waals surface area contributed by atoms with Gasteiger partial charge < -0.3 is 5.32 Å². The predicted octanol–water partition coefficient (Wildman–Crippen LogP) is 3.11. The summed E-state index contributed by atoms with van der Waals surface area (Å²) in [4.78, 5) is 16.8. The van der Waals surface area contributed by atoms with Gasteiger partial charge in [-0.15, -0.1) is 5.10 Å². The van der Waals surface area contributed by atoms with Crippen LogP contribution in [0.1, 0.15) is 31.2 Å². The van der Waals surface area contributed by atoms with Gasteiger partial charge in [0.05, 0.1) is 29.9 Å². The van der Waals surface area contributed by atoms with Gasteiger partial charge in [0.1, 0.15) is 5.69 Å². The van der Waals surface area contributed by atoms with Crippen LogP contribution in [0.25, 0.3) is 16.9 Å². The van der Waals surface area contributed by atoms with Crippen LogP contribution in [0.3, 0.4) is 0 Å². The van der Waals surface area contributed by atoms with Crippen LogP contribution in [-0.4, -0.2) is 37.8 Å². The van der Waals surface area contributed by atoms with E-state index in [1.165, 1.54) is 6.42 Å². The number of nitrogens with one attached hydrogen (secondary N) is 1. The molecule has 7 nitrogen and oxygen atoms in total. The van der Waals surface area contributed by atoms with Crippen LogP contribution in [0.5, 0.6) is 0 Å². The summed E-state index contributed by atoms with van der Waals surface area (Å²) in [5, 5.41) is 21.5. The number of ketones is 1. The molecule has 7 heteroatoms. The first-order chi connectivity index (χ1) is 15.2. The number of hydrogen-bond donors (Lipinski definition) is 1. The van der Waals surface area contributed by atoms with Crippen LogP contribution in [0.2, 0.25) is 0 Å². The summed E-state index contributed by atoms with van der Waals surface area (Å²) in [7, 11) is 0. The molecule has 5 rings (SSSR count). The van der Waals surface area contributed by atoms with Gasteiger partial charge in [0.25, 0.3) is 0 Å². The average molecular weight is 412 g/mol. The first-order valence-electron chi connectivity index (χ1n) is 10.8. The molecule has 1 N–H and O–H groups in total. The highest BCUT2D eigenvalue weighted by molar-refractivity contribution is 5.85. The Morgan fingerprint density at radius 1 is 1.26 bits per heavy atom. The number of fused-ring (bicyclic) bond motifs is 2. The highest BCUT2D eigenvalue weighted by atomic mass is 16.1. The molecule has 1 aromatic carbocycles. The molecule has 1 saturated carbocycles. The molecule has 0 unspecified atom stereocenters. The summed E-state index contributed by atoms with van der Waals surface area (Å²) in [6, 6.07) is 14.5. The Kier molecular flexibility index (Phi) is 5.31. The molecule has 2 fully saturated rings. The number of benzene rings is 1. The first kappa shape index (κ1) is 19.6. The van der Waals surface area contributed by atoms with E-state index in [0.717, 1.165) is 35.3 Å². The molecule has 0 radical (unpaired) electrons. The number of pyridine rings is 1. The van der Waals surface area contributed by atoms with Gasteiger partial charge in [-0.3, -0.25) is 9.78 Å². The van der Waals surface area contributed by atoms with Crippen LogP contribution >= 0.6 is 0 Å². The van der Waals surface area contributed by atoms with Crippen molar-refractivity contribution in [1.29, 1.82) is 5.26 Å². The minimum atomic E-state index is -0.303. The quantitative estimate of drug-likeness (QED) is 0.640. The Balaban J connectivity index is 1.22. The van der Waals surface area contributed by atoms with Crippen molar-refractivity contribution >= 4 is 5.78 Å². The van der Waals surface area contributed by atoms with E-state index in [1.54, 1.807) is 17.1 Å². The van der Waals surface area contributed by atoms with Crippen LogP contribution in [-0.2, 0) is 11.2 Å². The van der Waals surface area contributed by atoms with Crippen molar-refractivity contribution in [3.05, 3.63) is 60.6 Å². The van der Waals surface area contributed by atoms with E-state index in [1.807, 2.05) is 42.6 Å². The fourth-order valence-electron chi connectivity index (χ4n) is 4.86. The highest BCUT2D eigenvalue weighted by Crippen LogP contribution is 2.36. The third-order valence-electron chi connectivity index (χ3n) is 6.47. The lowest BCUT2D eigenvalue weighted by Gasteiger charge is -2.22. The van der Waals surface area contributed by atoms with E-state index in [9.17, 15) is 10.1 Å².